The Hall–Kier alpha value is -1.20. The molecule has 1 aromatic carbocycles. The van der Waals surface area contributed by atoms with Crippen molar-refractivity contribution in [2.24, 2.45) is 5.41 Å². The van der Waals surface area contributed by atoms with E-state index in [2.05, 4.69) is 5.32 Å². The molecule has 0 radical (unpaired) electrons. The van der Waals surface area contributed by atoms with E-state index in [4.69, 9.17) is 0 Å². The molecule has 1 aliphatic rings. The van der Waals surface area contributed by atoms with Crippen LogP contribution in [0.15, 0.2) is 24.3 Å². The van der Waals surface area contributed by atoms with Crippen LogP contribution in [-0.4, -0.2) is 34.1 Å². The molecular weight excluding hydrogens is 298 g/mol. The summed E-state index contributed by atoms with van der Waals surface area (Å²) in [6, 6.07) is 7.24. The number of benzene rings is 1. The summed E-state index contributed by atoms with van der Waals surface area (Å²) in [6.07, 6.45) is 5.20. The van der Waals surface area contributed by atoms with Gasteiger partial charge in [-0.1, -0.05) is 31.9 Å². The van der Waals surface area contributed by atoms with Gasteiger partial charge < -0.3 is 10.4 Å². The zero-order valence-corrected chi connectivity index (χ0v) is 14.1. The van der Waals surface area contributed by atoms with Gasteiger partial charge in [0.1, 0.15) is 0 Å². The molecule has 0 heterocycles. The molecule has 1 fully saturated rings. The van der Waals surface area contributed by atoms with Gasteiger partial charge in [0.15, 0.2) is 0 Å². The maximum atomic E-state index is 12.3. The molecule has 0 bridgehead atoms. The molecule has 0 aromatic heterocycles. The Balaban J connectivity index is 1.98. The molecule has 1 aromatic rings. The lowest BCUT2D eigenvalue weighted by molar-refractivity contribution is 0.00190. The van der Waals surface area contributed by atoms with Crippen molar-refractivity contribution in [2.75, 3.05) is 12.8 Å². The van der Waals surface area contributed by atoms with Crippen LogP contribution in [0.4, 0.5) is 0 Å². The second-order valence-electron chi connectivity index (χ2n) is 6.52. The van der Waals surface area contributed by atoms with Crippen molar-refractivity contribution in [3.8, 4) is 0 Å². The lowest BCUT2D eigenvalue weighted by Crippen LogP contribution is -2.45. The predicted molar refractivity (Wildman–Crippen MR) is 89.1 cm³/mol. The van der Waals surface area contributed by atoms with E-state index in [9.17, 15) is 14.1 Å². The molecule has 122 valence electrons. The van der Waals surface area contributed by atoms with Gasteiger partial charge in [-0.25, -0.2) is 0 Å². The molecule has 5 heteroatoms. The Morgan fingerprint density at radius 2 is 2.23 bits per heavy atom. The van der Waals surface area contributed by atoms with Gasteiger partial charge in [-0.3, -0.25) is 9.00 Å². The first-order valence-electron chi connectivity index (χ1n) is 7.76. The van der Waals surface area contributed by atoms with E-state index >= 15 is 0 Å². The fourth-order valence-corrected chi connectivity index (χ4v) is 3.66. The first-order chi connectivity index (χ1) is 10.4. The van der Waals surface area contributed by atoms with Crippen molar-refractivity contribution in [3.63, 3.8) is 0 Å². The summed E-state index contributed by atoms with van der Waals surface area (Å²) in [5.41, 5.74) is 1.24. The van der Waals surface area contributed by atoms with Gasteiger partial charge in [0.2, 0.25) is 0 Å². The second kappa shape index (κ2) is 7.38. The minimum atomic E-state index is -0.922. The summed E-state index contributed by atoms with van der Waals surface area (Å²) in [7, 11) is -0.922. The number of carbonyl (C=O) groups excluding carboxylic acids is 1. The summed E-state index contributed by atoms with van der Waals surface area (Å²) < 4.78 is 11.3. The number of aliphatic hydroxyl groups excluding tert-OH is 1. The predicted octanol–water partition coefficient (Wildman–Crippen LogP) is 2.24. The largest absolute Gasteiger partial charge is 0.392 e. The smallest absolute Gasteiger partial charge is 0.251 e. The second-order valence-corrected chi connectivity index (χ2v) is 7.95. The highest BCUT2D eigenvalue weighted by molar-refractivity contribution is 7.83. The zero-order chi connectivity index (χ0) is 16.2. The number of hydrogen-bond donors (Lipinski definition) is 2. The average Bonchev–Trinajstić information content (AvgIpc) is 2.48. The van der Waals surface area contributed by atoms with Crippen LogP contribution in [-0.2, 0) is 16.6 Å². The normalized spacial score (nSPS) is 26.4. The first kappa shape index (κ1) is 17.2. The van der Waals surface area contributed by atoms with Crippen molar-refractivity contribution < 1.29 is 14.1 Å². The van der Waals surface area contributed by atoms with E-state index < -0.39 is 10.8 Å². The van der Waals surface area contributed by atoms with Gasteiger partial charge in [-0.05, 0) is 30.5 Å². The highest BCUT2D eigenvalue weighted by Crippen LogP contribution is 2.35. The summed E-state index contributed by atoms with van der Waals surface area (Å²) in [6.45, 7) is 2.52. The molecular formula is C17H25NO3S. The molecule has 1 aliphatic carbocycles. The summed E-state index contributed by atoms with van der Waals surface area (Å²) in [5.74, 6) is 0.320. The van der Waals surface area contributed by atoms with Crippen molar-refractivity contribution in [1.29, 1.82) is 0 Å². The molecule has 4 nitrogen and oxygen atoms in total. The van der Waals surface area contributed by atoms with Gasteiger partial charge in [0, 0.05) is 40.3 Å². The van der Waals surface area contributed by atoms with E-state index in [1.54, 1.807) is 18.4 Å². The van der Waals surface area contributed by atoms with E-state index in [0.717, 1.165) is 31.2 Å². The Morgan fingerprint density at radius 3 is 2.91 bits per heavy atom. The third-order valence-electron chi connectivity index (χ3n) is 4.49. The van der Waals surface area contributed by atoms with Crippen LogP contribution in [0.3, 0.4) is 0 Å². The van der Waals surface area contributed by atoms with Gasteiger partial charge in [-0.2, -0.15) is 0 Å². The lowest BCUT2D eigenvalue weighted by Gasteiger charge is -2.38. The zero-order valence-electron chi connectivity index (χ0n) is 13.3. The van der Waals surface area contributed by atoms with Crippen LogP contribution in [0.5, 0.6) is 0 Å². The minimum Gasteiger partial charge on any atom is -0.392 e. The van der Waals surface area contributed by atoms with Crippen LogP contribution in [0, 0.1) is 5.41 Å². The molecule has 3 unspecified atom stereocenters. The van der Waals surface area contributed by atoms with Crippen molar-refractivity contribution in [3.05, 3.63) is 35.4 Å². The molecule has 0 spiro atoms. The summed E-state index contributed by atoms with van der Waals surface area (Å²) >= 11 is 0. The number of amides is 1. The average molecular weight is 323 g/mol. The summed E-state index contributed by atoms with van der Waals surface area (Å²) in [4.78, 5) is 12.3. The lowest BCUT2D eigenvalue weighted by atomic mass is 9.73. The van der Waals surface area contributed by atoms with Gasteiger partial charge >= 0.3 is 0 Å². The van der Waals surface area contributed by atoms with Crippen LogP contribution >= 0.6 is 0 Å². The fourth-order valence-electron chi connectivity index (χ4n) is 3.01. The van der Waals surface area contributed by atoms with E-state index in [0.29, 0.717) is 17.9 Å². The highest BCUT2D eigenvalue weighted by atomic mass is 32.2. The molecule has 1 amide bonds. The Morgan fingerprint density at radius 1 is 1.45 bits per heavy atom. The van der Waals surface area contributed by atoms with Crippen molar-refractivity contribution in [2.45, 2.75) is 44.5 Å². The number of aliphatic hydroxyl groups is 1. The molecule has 1 saturated carbocycles. The van der Waals surface area contributed by atoms with Crippen LogP contribution in [0.25, 0.3) is 0 Å². The molecule has 0 saturated heterocycles. The molecule has 0 aliphatic heterocycles. The number of carbonyl (C=O) groups is 1. The summed E-state index contributed by atoms with van der Waals surface area (Å²) in [5, 5.41) is 13.1. The quantitative estimate of drug-likeness (QED) is 0.873. The van der Waals surface area contributed by atoms with E-state index in [1.165, 1.54) is 0 Å². The topological polar surface area (TPSA) is 66.4 Å². The maximum absolute atomic E-state index is 12.3. The Labute approximate surface area is 134 Å². The van der Waals surface area contributed by atoms with Gasteiger partial charge in [0.05, 0.1) is 6.10 Å². The standard InChI is InChI=1S/C17H25NO3S/c1-17(9-4-3-8-15(17)19)12-18-16(20)14-7-5-6-13(10-14)11-22(2)21/h5-7,10,15,19H,3-4,8-9,11-12H2,1-2H3,(H,18,20). The Kier molecular flexibility index (Phi) is 5.75. The van der Waals surface area contributed by atoms with E-state index in [-0.39, 0.29) is 17.4 Å². The van der Waals surface area contributed by atoms with Gasteiger partial charge in [-0.15, -0.1) is 0 Å². The molecule has 2 rings (SSSR count). The minimum absolute atomic E-state index is 0.136. The Bertz CT molecular complexity index is 561. The molecule has 3 atom stereocenters. The SMILES string of the molecule is CS(=O)Cc1cccc(C(=O)NCC2(C)CCCCC2O)c1. The number of hydrogen-bond acceptors (Lipinski definition) is 3. The first-order valence-corrected chi connectivity index (χ1v) is 9.49. The van der Waals surface area contributed by atoms with Crippen molar-refractivity contribution >= 4 is 16.7 Å². The number of nitrogens with one attached hydrogen (secondary N) is 1. The van der Waals surface area contributed by atoms with Crippen LogP contribution in [0.2, 0.25) is 0 Å². The van der Waals surface area contributed by atoms with Crippen LogP contribution in [0.1, 0.15) is 48.5 Å². The highest BCUT2D eigenvalue weighted by Gasteiger charge is 2.35. The molecule has 22 heavy (non-hydrogen) atoms. The van der Waals surface area contributed by atoms with Crippen molar-refractivity contribution in [1.82, 2.24) is 5.32 Å². The van der Waals surface area contributed by atoms with Gasteiger partial charge in [0.25, 0.3) is 5.91 Å². The fraction of sp³-hybridized carbons (Fsp3) is 0.588. The van der Waals surface area contributed by atoms with Crippen LogP contribution < -0.4 is 5.32 Å². The number of rotatable bonds is 5. The van der Waals surface area contributed by atoms with E-state index in [1.807, 2.05) is 19.1 Å². The monoisotopic (exact) mass is 323 g/mol. The maximum Gasteiger partial charge on any atom is 0.251 e. The molecule has 2 N–H and O–H groups in total. The third kappa shape index (κ3) is 4.40. The third-order valence-corrected chi connectivity index (χ3v) is 5.23.